The minimum Gasteiger partial charge on any atom is -0.489 e. The summed E-state index contributed by atoms with van der Waals surface area (Å²) in [6.07, 6.45) is 3.12. The van der Waals surface area contributed by atoms with Gasteiger partial charge in [-0.2, -0.15) is 0 Å². The van der Waals surface area contributed by atoms with E-state index in [0.717, 1.165) is 36.1 Å². The van der Waals surface area contributed by atoms with Crippen molar-refractivity contribution in [3.05, 3.63) is 65.5 Å². The fourth-order valence-electron chi connectivity index (χ4n) is 4.87. The number of para-hydroxylation sites is 1. The quantitative estimate of drug-likeness (QED) is 0.310. The molecule has 0 spiro atoms. The molecule has 1 fully saturated rings. The van der Waals surface area contributed by atoms with Gasteiger partial charge in [0.25, 0.3) is 0 Å². The Kier molecular flexibility index (Phi) is 11.9. The highest BCUT2D eigenvalue weighted by atomic mass is 19.1. The zero-order valence-corrected chi connectivity index (χ0v) is 25.3. The fraction of sp³-hybridized carbons (Fsp3) is 0.545. The molecule has 0 heterocycles. The number of likely N-dealkylation sites (N-methyl/N-ethyl adjacent to an activating group) is 1. The third kappa shape index (κ3) is 9.95. The molecule has 8 heteroatoms. The number of ether oxygens (including phenoxy) is 1. The summed E-state index contributed by atoms with van der Waals surface area (Å²) in [5.41, 5.74) is 1.99. The molecule has 3 rings (SSSR count). The maximum absolute atomic E-state index is 13.2. The van der Waals surface area contributed by atoms with E-state index >= 15 is 0 Å². The highest BCUT2D eigenvalue weighted by Crippen LogP contribution is 2.33. The predicted octanol–water partition coefficient (Wildman–Crippen LogP) is 4.57. The fourth-order valence-corrected chi connectivity index (χ4v) is 4.87. The molecule has 7 nitrogen and oxygen atoms in total. The largest absolute Gasteiger partial charge is 0.489 e. The third-order valence-electron chi connectivity index (χ3n) is 7.90. The van der Waals surface area contributed by atoms with Crippen molar-refractivity contribution in [3.63, 3.8) is 0 Å². The lowest BCUT2D eigenvalue weighted by Crippen LogP contribution is -2.52. The van der Waals surface area contributed by atoms with Crippen molar-refractivity contribution in [2.24, 2.45) is 17.8 Å². The summed E-state index contributed by atoms with van der Waals surface area (Å²) in [5.74, 6) is 0.672. The van der Waals surface area contributed by atoms with Crippen LogP contribution in [0.15, 0.2) is 48.5 Å². The molecule has 0 aromatic heterocycles. The molecule has 2 aromatic rings. The summed E-state index contributed by atoms with van der Waals surface area (Å²) < 4.78 is 19.5. The van der Waals surface area contributed by atoms with E-state index in [2.05, 4.69) is 17.6 Å². The Hall–Kier alpha value is -3.26. The number of hydrogen-bond donors (Lipinski definition) is 2. The van der Waals surface area contributed by atoms with E-state index in [1.807, 2.05) is 38.1 Å². The lowest BCUT2D eigenvalue weighted by Gasteiger charge is -2.29. The molecule has 2 N–H and O–H groups in total. The van der Waals surface area contributed by atoms with Gasteiger partial charge in [-0.3, -0.25) is 14.4 Å². The van der Waals surface area contributed by atoms with Gasteiger partial charge in [0.2, 0.25) is 11.8 Å². The lowest BCUT2D eigenvalue weighted by atomic mass is 9.98. The Balaban J connectivity index is 1.49. The van der Waals surface area contributed by atoms with Gasteiger partial charge in [-0.05, 0) is 87.6 Å². The van der Waals surface area contributed by atoms with Crippen molar-refractivity contribution in [2.45, 2.75) is 78.5 Å². The normalized spacial score (nSPS) is 16.7. The first-order valence-electron chi connectivity index (χ1n) is 14.7. The molecule has 0 unspecified atom stereocenters. The molecular weight excluding hydrogens is 521 g/mol. The molecule has 1 saturated carbocycles. The molecule has 41 heavy (non-hydrogen) atoms. The van der Waals surface area contributed by atoms with Crippen LogP contribution in [-0.2, 0) is 27.2 Å². The van der Waals surface area contributed by atoms with Crippen molar-refractivity contribution in [3.8, 4) is 5.75 Å². The number of nitrogens with zero attached hydrogens (tertiary/aromatic N) is 1. The van der Waals surface area contributed by atoms with Crippen LogP contribution in [0.4, 0.5) is 4.39 Å². The summed E-state index contributed by atoms with van der Waals surface area (Å²) in [6.45, 7) is 10.3. The van der Waals surface area contributed by atoms with Gasteiger partial charge in [0, 0.05) is 26.1 Å². The molecule has 5 atom stereocenters. The SMILES string of the molecule is CC(=O)[C@@H](C)N(C)C(=O)[C@@H](NC[C@@H](C)Oc1ccccc1C[C@H](C)CNC(=O)[C@H](C)Cc1ccc(F)cc1)C1CC1. The van der Waals surface area contributed by atoms with E-state index in [-0.39, 0.29) is 53.3 Å². The van der Waals surface area contributed by atoms with E-state index in [9.17, 15) is 18.8 Å². The lowest BCUT2D eigenvalue weighted by molar-refractivity contribution is -0.139. The second-order valence-corrected chi connectivity index (χ2v) is 11.8. The Morgan fingerprint density at radius 2 is 1.63 bits per heavy atom. The highest BCUT2D eigenvalue weighted by Gasteiger charge is 2.38. The average Bonchev–Trinajstić information content (AvgIpc) is 3.78. The van der Waals surface area contributed by atoms with Crippen molar-refractivity contribution in [1.29, 1.82) is 0 Å². The van der Waals surface area contributed by atoms with Gasteiger partial charge in [0.1, 0.15) is 17.7 Å². The molecule has 1 aliphatic rings. The van der Waals surface area contributed by atoms with Crippen molar-refractivity contribution < 1.29 is 23.5 Å². The summed E-state index contributed by atoms with van der Waals surface area (Å²) in [7, 11) is 1.69. The number of ketones is 1. The van der Waals surface area contributed by atoms with Crippen LogP contribution < -0.4 is 15.4 Å². The molecule has 0 bridgehead atoms. The number of carbonyl (C=O) groups is 3. The van der Waals surface area contributed by atoms with Gasteiger partial charge in [0.05, 0.1) is 12.1 Å². The molecule has 2 aromatic carbocycles. The van der Waals surface area contributed by atoms with Crippen molar-refractivity contribution in [2.75, 3.05) is 20.1 Å². The highest BCUT2D eigenvalue weighted by molar-refractivity contribution is 5.89. The molecule has 0 radical (unpaired) electrons. The van der Waals surface area contributed by atoms with Crippen LogP contribution in [0.2, 0.25) is 0 Å². The molecule has 224 valence electrons. The number of carbonyl (C=O) groups excluding carboxylic acids is 3. The number of benzene rings is 2. The topological polar surface area (TPSA) is 87.7 Å². The first kappa shape index (κ1) is 32.3. The third-order valence-corrected chi connectivity index (χ3v) is 7.90. The van der Waals surface area contributed by atoms with Crippen molar-refractivity contribution >= 4 is 17.6 Å². The van der Waals surface area contributed by atoms with Gasteiger partial charge in [0.15, 0.2) is 5.78 Å². The van der Waals surface area contributed by atoms with E-state index in [4.69, 9.17) is 4.74 Å². The summed E-state index contributed by atoms with van der Waals surface area (Å²) in [4.78, 5) is 39.1. The van der Waals surface area contributed by atoms with Crippen LogP contribution in [0.1, 0.15) is 58.6 Å². The van der Waals surface area contributed by atoms with E-state index in [1.54, 1.807) is 31.0 Å². The maximum atomic E-state index is 13.2. The van der Waals surface area contributed by atoms with Crippen LogP contribution in [-0.4, -0.2) is 60.8 Å². The van der Waals surface area contributed by atoms with Gasteiger partial charge < -0.3 is 20.3 Å². The number of nitrogens with one attached hydrogen (secondary N) is 2. The number of hydrogen-bond acceptors (Lipinski definition) is 5. The molecule has 2 amide bonds. The van der Waals surface area contributed by atoms with Crippen LogP contribution in [0.25, 0.3) is 0 Å². The number of halogens is 1. The van der Waals surface area contributed by atoms with Gasteiger partial charge >= 0.3 is 0 Å². The molecule has 0 saturated heterocycles. The van der Waals surface area contributed by atoms with Crippen LogP contribution >= 0.6 is 0 Å². The molecule has 0 aliphatic heterocycles. The number of amides is 2. The Bertz CT molecular complexity index is 1170. The van der Waals surface area contributed by atoms with Crippen LogP contribution in [0.5, 0.6) is 5.75 Å². The minimum absolute atomic E-state index is 0.0199. The zero-order valence-electron chi connectivity index (χ0n) is 25.3. The number of rotatable bonds is 16. The van der Waals surface area contributed by atoms with Crippen LogP contribution in [0, 0.1) is 23.6 Å². The van der Waals surface area contributed by atoms with E-state index < -0.39 is 6.04 Å². The number of Topliss-reactive ketones (excluding diaryl/α,β-unsaturated/α-hetero) is 1. The Labute approximate surface area is 244 Å². The second kappa shape index (κ2) is 15.1. The monoisotopic (exact) mass is 567 g/mol. The maximum Gasteiger partial charge on any atom is 0.240 e. The summed E-state index contributed by atoms with van der Waals surface area (Å²) in [6, 6.07) is 13.4. The van der Waals surface area contributed by atoms with E-state index in [1.165, 1.54) is 19.1 Å². The minimum atomic E-state index is -0.448. The van der Waals surface area contributed by atoms with Crippen LogP contribution in [0.3, 0.4) is 0 Å². The zero-order chi connectivity index (χ0) is 30.1. The average molecular weight is 568 g/mol. The second-order valence-electron chi connectivity index (χ2n) is 11.8. The summed E-state index contributed by atoms with van der Waals surface area (Å²) in [5, 5.41) is 6.46. The predicted molar refractivity (Wildman–Crippen MR) is 159 cm³/mol. The molecule has 1 aliphatic carbocycles. The Morgan fingerprint density at radius 3 is 2.27 bits per heavy atom. The molecular formula is C33H46FN3O4. The Morgan fingerprint density at radius 1 is 0.976 bits per heavy atom. The first-order valence-corrected chi connectivity index (χ1v) is 14.7. The van der Waals surface area contributed by atoms with Gasteiger partial charge in [-0.1, -0.05) is 44.2 Å². The smallest absolute Gasteiger partial charge is 0.240 e. The van der Waals surface area contributed by atoms with Gasteiger partial charge in [-0.25, -0.2) is 4.39 Å². The van der Waals surface area contributed by atoms with E-state index in [0.29, 0.717) is 19.5 Å². The first-order chi connectivity index (χ1) is 19.5. The van der Waals surface area contributed by atoms with Gasteiger partial charge in [-0.15, -0.1) is 0 Å². The standard InChI is InChI=1S/C33H46FN3O4/c1-21(19-36-32(39)22(2)18-26-11-15-29(34)16-12-26)17-28-9-7-8-10-30(28)41-23(3)20-35-31(27-13-14-27)33(40)37(6)24(4)25(5)38/h7-12,15-16,21-24,27,31,35H,13-14,17-20H2,1-6H3,(H,36,39)/t21-,22+,23+,24+,31-/m0/s1. The summed E-state index contributed by atoms with van der Waals surface area (Å²) >= 11 is 0. The van der Waals surface area contributed by atoms with Crippen molar-refractivity contribution in [1.82, 2.24) is 15.5 Å².